The van der Waals surface area contributed by atoms with Gasteiger partial charge in [0.15, 0.2) is 0 Å². The Morgan fingerprint density at radius 1 is 1.10 bits per heavy atom. The summed E-state index contributed by atoms with van der Waals surface area (Å²) in [6, 6.07) is 12.0. The number of aromatic nitrogens is 3. The largest absolute Gasteiger partial charge is 0.455 e. The van der Waals surface area contributed by atoms with Crippen molar-refractivity contribution < 1.29 is 32.2 Å². The molecule has 1 aliphatic heterocycles. The molecule has 5 rings (SSSR count). The molecule has 0 bridgehead atoms. The third kappa shape index (κ3) is 8.37. The number of anilines is 2. The molecule has 15 heteroatoms. The van der Waals surface area contributed by atoms with E-state index in [-0.39, 0.29) is 53.9 Å². The van der Waals surface area contributed by atoms with E-state index >= 15 is 13.2 Å². The zero-order valence-corrected chi connectivity index (χ0v) is 27.1. The molecule has 2 aromatic heterocycles. The monoisotopic (exact) mass is 679 g/mol. The van der Waals surface area contributed by atoms with E-state index in [1.165, 1.54) is 47.3 Å². The second kappa shape index (κ2) is 14.3. The number of para-hydroxylation sites is 1. The average Bonchev–Trinajstić information content (AvgIpc) is 3.55. The SMILES string of the molecule is CC(C)(C)OC(=O)NC[C@@H]1CCCN(c2c(NC(=O)c3csc(-c4ccnnc4)n3)ccc(Oc3ccccc3C#N)c2C(F)(F)F)C1. The normalized spacial score (nSPS) is 14.9. The lowest BCUT2D eigenvalue weighted by Gasteiger charge is -2.37. The molecule has 2 aromatic carbocycles. The highest BCUT2D eigenvalue weighted by Gasteiger charge is 2.41. The standard InChI is InChI=1S/C33H32F3N7O4S/c1-32(2,3)47-31(45)38-16-20-7-6-14-43(18-20)28-23(41-29(44)24-19-48-30(42-24)22-12-13-39-40-17-22)10-11-26(27(28)33(34,35)36)46-25-9-5-4-8-21(25)15-37/h4-5,8-13,17,19-20H,6-7,14,16,18H2,1-3H3,(H,38,45)(H,41,44)/t20-/m0/s1. The fourth-order valence-corrected chi connectivity index (χ4v) is 6.01. The molecule has 0 saturated carbocycles. The van der Waals surface area contributed by atoms with Crippen LogP contribution in [0.2, 0.25) is 0 Å². The lowest BCUT2D eigenvalue weighted by molar-refractivity contribution is -0.138. The van der Waals surface area contributed by atoms with E-state index in [0.29, 0.717) is 23.4 Å². The van der Waals surface area contributed by atoms with Crippen LogP contribution in [0.3, 0.4) is 0 Å². The molecule has 2 amide bonds. The molecule has 0 spiro atoms. The summed E-state index contributed by atoms with van der Waals surface area (Å²) < 4.78 is 56.4. The third-order valence-electron chi connectivity index (χ3n) is 7.24. The van der Waals surface area contributed by atoms with E-state index < -0.39 is 35.1 Å². The van der Waals surface area contributed by atoms with Crippen LogP contribution in [0.25, 0.3) is 10.6 Å². The van der Waals surface area contributed by atoms with Crippen LogP contribution in [0.1, 0.15) is 55.2 Å². The summed E-state index contributed by atoms with van der Waals surface area (Å²) in [5.41, 5.74) is -1.53. The van der Waals surface area contributed by atoms with Gasteiger partial charge >= 0.3 is 12.3 Å². The molecular weight excluding hydrogens is 647 g/mol. The summed E-state index contributed by atoms with van der Waals surface area (Å²) in [6.07, 6.45) is -1.43. The molecule has 0 radical (unpaired) electrons. The molecule has 3 heterocycles. The maximum Gasteiger partial charge on any atom is 0.422 e. The quantitative estimate of drug-likeness (QED) is 0.197. The summed E-state index contributed by atoms with van der Waals surface area (Å²) in [6.45, 7) is 5.74. The third-order valence-corrected chi connectivity index (χ3v) is 8.13. The van der Waals surface area contributed by atoms with Crippen molar-refractivity contribution in [3.63, 3.8) is 0 Å². The number of nitrogens with one attached hydrogen (secondary N) is 2. The zero-order valence-electron chi connectivity index (χ0n) is 26.3. The van der Waals surface area contributed by atoms with Crippen LogP contribution in [-0.4, -0.2) is 52.4 Å². The number of halogens is 3. The summed E-state index contributed by atoms with van der Waals surface area (Å²) in [5, 5.41) is 24.4. The van der Waals surface area contributed by atoms with Gasteiger partial charge in [-0.2, -0.15) is 28.6 Å². The number of rotatable bonds is 8. The van der Waals surface area contributed by atoms with E-state index in [2.05, 4.69) is 25.8 Å². The van der Waals surface area contributed by atoms with Crippen molar-refractivity contribution in [1.29, 1.82) is 5.26 Å². The summed E-state index contributed by atoms with van der Waals surface area (Å²) >= 11 is 1.18. The van der Waals surface area contributed by atoms with Gasteiger partial charge in [-0.1, -0.05) is 12.1 Å². The smallest absolute Gasteiger partial charge is 0.422 e. The van der Waals surface area contributed by atoms with Crippen LogP contribution in [0.4, 0.5) is 29.3 Å². The minimum atomic E-state index is -4.93. The molecule has 0 unspecified atom stereocenters. The van der Waals surface area contributed by atoms with Gasteiger partial charge in [0.1, 0.15) is 39.4 Å². The number of alkyl carbamates (subject to hydrolysis) is 1. The van der Waals surface area contributed by atoms with Gasteiger partial charge in [-0.15, -0.1) is 11.3 Å². The molecule has 0 aliphatic carbocycles. The molecule has 2 N–H and O–H groups in total. The maximum absolute atomic E-state index is 15.1. The average molecular weight is 680 g/mol. The second-order valence-corrected chi connectivity index (χ2v) is 12.9. The van der Waals surface area contributed by atoms with E-state index in [1.807, 2.05) is 6.07 Å². The number of nitriles is 1. The van der Waals surface area contributed by atoms with Crippen LogP contribution in [0.5, 0.6) is 11.5 Å². The Kier molecular flexibility index (Phi) is 10.1. The van der Waals surface area contributed by atoms with Gasteiger partial charge in [-0.05, 0) is 69.9 Å². The van der Waals surface area contributed by atoms with Crippen molar-refractivity contribution in [2.24, 2.45) is 5.92 Å². The van der Waals surface area contributed by atoms with Crippen LogP contribution >= 0.6 is 11.3 Å². The Morgan fingerprint density at radius 2 is 1.90 bits per heavy atom. The van der Waals surface area contributed by atoms with Gasteiger partial charge in [0.05, 0.1) is 29.3 Å². The first-order valence-electron chi connectivity index (χ1n) is 15.0. The zero-order chi connectivity index (χ0) is 34.5. The van der Waals surface area contributed by atoms with Gasteiger partial charge in [0, 0.05) is 30.6 Å². The Bertz CT molecular complexity index is 1820. The summed E-state index contributed by atoms with van der Waals surface area (Å²) in [7, 11) is 0. The van der Waals surface area contributed by atoms with Crippen LogP contribution in [0.15, 0.2) is 60.2 Å². The molecule has 1 saturated heterocycles. The number of hydrogen-bond acceptors (Lipinski definition) is 10. The first-order valence-corrected chi connectivity index (χ1v) is 15.9. The van der Waals surface area contributed by atoms with E-state index in [4.69, 9.17) is 9.47 Å². The Labute approximate surface area is 278 Å². The molecular formula is C33H32F3N7O4S. The van der Waals surface area contributed by atoms with Crippen LogP contribution in [-0.2, 0) is 10.9 Å². The van der Waals surface area contributed by atoms with Crippen LogP contribution in [0, 0.1) is 17.2 Å². The molecule has 11 nitrogen and oxygen atoms in total. The Balaban J connectivity index is 1.51. The molecule has 4 aromatic rings. The minimum Gasteiger partial charge on any atom is -0.455 e. The van der Waals surface area contributed by atoms with E-state index in [9.17, 15) is 14.9 Å². The number of nitrogens with zero attached hydrogens (tertiary/aromatic N) is 5. The number of ether oxygens (including phenoxy) is 2. The fraction of sp³-hybridized carbons (Fsp3) is 0.333. The Morgan fingerprint density at radius 3 is 2.60 bits per heavy atom. The lowest BCUT2D eigenvalue weighted by atomic mass is 9.96. The van der Waals surface area contributed by atoms with Crippen molar-refractivity contribution in [2.75, 3.05) is 29.9 Å². The highest BCUT2D eigenvalue weighted by Crippen LogP contribution is 2.49. The number of carbonyl (C=O) groups is 2. The van der Waals surface area contributed by atoms with Crippen molar-refractivity contribution in [2.45, 2.75) is 45.4 Å². The summed E-state index contributed by atoms with van der Waals surface area (Å²) in [4.78, 5) is 31.7. The highest BCUT2D eigenvalue weighted by atomic mass is 32.1. The molecule has 250 valence electrons. The lowest BCUT2D eigenvalue weighted by Crippen LogP contribution is -2.43. The first kappa shape index (κ1) is 34.1. The van der Waals surface area contributed by atoms with Crippen molar-refractivity contribution >= 4 is 34.7 Å². The molecule has 48 heavy (non-hydrogen) atoms. The van der Waals surface area contributed by atoms with E-state index in [1.54, 1.807) is 43.9 Å². The number of alkyl halides is 3. The number of amides is 2. The van der Waals surface area contributed by atoms with Gasteiger partial charge in [-0.25, -0.2) is 9.78 Å². The molecule has 1 aliphatic rings. The number of hydrogen-bond donors (Lipinski definition) is 2. The van der Waals surface area contributed by atoms with Crippen molar-refractivity contribution in [1.82, 2.24) is 20.5 Å². The van der Waals surface area contributed by atoms with E-state index in [0.717, 1.165) is 6.07 Å². The van der Waals surface area contributed by atoms with Gasteiger partial charge in [0.2, 0.25) is 0 Å². The van der Waals surface area contributed by atoms with Gasteiger partial charge in [0.25, 0.3) is 5.91 Å². The maximum atomic E-state index is 15.1. The van der Waals surface area contributed by atoms with Crippen LogP contribution < -0.4 is 20.3 Å². The first-order chi connectivity index (χ1) is 22.8. The number of thiazole rings is 1. The number of carbonyl (C=O) groups excluding carboxylic acids is 2. The number of benzene rings is 2. The predicted molar refractivity (Wildman–Crippen MR) is 173 cm³/mol. The minimum absolute atomic E-state index is 0.00711. The van der Waals surface area contributed by atoms with Gasteiger partial charge in [-0.3, -0.25) is 4.79 Å². The van der Waals surface area contributed by atoms with Crippen molar-refractivity contribution in [3.8, 4) is 28.1 Å². The predicted octanol–water partition coefficient (Wildman–Crippen LogP) is 7.28. The fourth-order valence-electron chi connectivity index (χ4n) is 5.22. The topological polar surface area (TPSA) is 142 Å². The molecule has 1 atom stereocenters. The van der Waals surface area contributed by atoms with Crippen molar-refractivity contribution in [3.05, 3.63) is 77.1 Å². The second-order valence-electron chi connectivity index (χ2n) is 12.0. The molecule has 1 fully saturated rings. The number of piperidine rings is 1. The van der Waals surface area contributed by atoms with Gasteiger partial charge < -0.3 is 25.0 Å². The summed E-state index contributed by atoms with van der Waals surface area (Å²) in [5.74, 6) is -1.52. The Hall–Kier alpha value is -5.23. The highest BCUT2D eigenvalue weighted by molar-refractivity contribution is 7.13.